The molecule has 164 valence electrons. The summed E-state index contributed by atoms with van der Waals surface area (Å²) in [5, 5.41) is 5.44. The number of para-hydroxylation sites is 2. The summed E-state index contributed by atoms with van der Waals surface area (Å²) in [4.78, 5) is 29.0. The highest BCUT2D eigenvalue weighted by Crippen LogP contribution is 2.40. The van der Waals surface area contributed by atoms with Gasteiger partial charge in [-0.25, -0.2) is 4.90 Å². The van der Waals surface area contributed by atoms with E-state index >= 15 is 0 Å². The third-order valence-electron chi connectivity index (χ3n) is 4.84. The van der Waals surface area contributed by atoms with E-state index in [9.17, 15) is 9.59 Å². The second-order valence-electron chi connectivity index (χ2n) is 6.96. The fourth-order valence-corrected chi connectivity index (χ4v) is 4.34. The molecule has 0 bridgehead atoms. The van der Waals surface area contributed by atoms with Crippen LogP contribution in [0.25, 0.3) is 5.57 Å². The number of thiophene rings is 1. The Labute approximate surface area is 195 Å². The second kappa shape index (κ2) is 9.46. The first-order chi connectivity index (χ1) is 15.5. The predicted octanol–water partition coefficient (Wildman–Crippen LogP) is 5.60. The smallest absolute Gasteiger partial charge is 0.282 e. The summed E-state index contributed by atoms with van der Waals surface area (Å²) in [5.41, 5.74) is 1.34. The van der Waals surface area contributed by atoms with Crippen molar-refractivity contribution in [2.75, 3.05) is 23.9 Å². The van der Waals surface area contributed by atoms with Crippen LogP contribution in [-0.2, 0) is 9.59 Å². The van der Waals surface area contributed by atoms with Crippen molar-refractivity contribution in [3.8, 4) is 11.5 Å². The van der Waals surface area contributed by atoms with Crippen molar-refractivity contribution in [1.82, 2.24) is 0 Å². The Morgan fingerprint density at radius 3 is 2.56 bits per heavy atom. The molecule has 0 fully saturated rings. The quantitative estimate of drug-likeness (QED) is 0.436. The van der Waals surface area contributed by atoms with Crippen molar-refractivity contribution in [1.29, 1.82) is 0 Å². The molecule has 2 aromatic carbocycles. The Bertz CT molecular complexity index is 1190. The van der Waals surface area contributed by atoms with Crippen LogP contribution in [0, 0.1) is 0 Å². The average molecular weight is 469 g/mol. The standard InChI is InChI=1S/C24H21ClN2O4S/c1-3-12-31-19-8-5-4-7-17(19)27-23(28)21(20-9-6-13-32-20)22(24(27)29)26-16-14-15(25)10-11-18(16)30-2/h4-11,13-14,26H,3,12H2,1-2H3. The lowest BCUT2D eigenvalue weighted by atomic mass is 10.1. The number of nitrogens with zero attached hydrogens (tertiary/aromatic N) is 1. The molecule has 0 unspecified atom stereocenters. The molecule has 0 radical (unpaired) electrons. The zero-order chi connectivity index (χ0) is 22.7. The number of methoxy groups -OCH3 is 1. The van der Waals surface area contributed by atoms with Crippen LogP contribution in [0.2, 0.25) is 5.02 Å². The maximum atomic E-state index is 13.6. The van der Waals surface area contributed by atoms with E-state index in [2.05, 4.69) is 5.32 Å². The Morgan fingerprint density at radius 2 is 1.84 bits per heavy atom. The molecule has 0 spiro atoms. The molecule has 0 saturated carbocycles. The third-order valence-corrected chi connectivity index (χ3v) is 5.96. The van der Waals surface area contributed by atoms with Crippen LogP contribution in [0.15, 0.2) is 65.7 Å². The Hall–Kier alpha value is -3.29. The Kier molecular flexibility index (Phi) is 6.48. The lowest BCUT2D eigenvalue weighted by Crippen LogP contribution is -2.32. The van der Waals surface area contributed by atoms with Crippen molar-refractivity contribution in [2.45, 2.75) is 13.3 Å². The zero-order valence-electron chi connectivity index (χ0n) is 17.6. The fourth-order valence-electron chi connectivity index (χ4n) is 3.40. The molecule has 8 heteroatoms. The van der Waals surface area contributed by atoms with Gasteiger partial charge in [-0.3, -0.25) is 9.59 Å². The molecule has 6 nitrogen and oxygen atoms in total. The van der Waals surface area contributed by atoms with E-state index in [-0.39, 0.29) is 11.3 Å². The summed E-state index contributed by atoms with van der Waals surface area (Å²) in [5.74, 6) is 0.0717. The highest BCUT2D eigenvalue weighted by Gasteiger charge is 2.42. The molecule has 1 aliphatic rings. The number of benzene rings is 2. The van der Waals surface area contributed by atoms with E-state index in [1.165, 1.54) is 18.4 Å². The number of ether oxygens (including phenoxy) is 2. The summed E-state index contributed by atoms with van der Waals surface area (Å²) in [6.07, 6.45) is 0.802. The summed E-state index contributed by atoms with van der Waals surface area (Å²) >= 11 is 7.55. The highest BCUT2D eigenvalue weighted by atomic mass is 35.5. The minimum Gasteiger partial charge on any atom is -0.495 e. The predicted molar refractivity (Wildman–Crippen MR) is 128 cm³/mol. The molecule has 2 amide bonds. The third kappa shape index (κ3) is 4.09. The number of hydrogen-bond acceptors (Lipinski definition) is 6. The molecular weight excluding hydrogens is 448 g/mol. The van der Waals surface area contributed by atoms with Crippen LogP contribution in [0.1, 0.15) is 18.2 Å². The molecule has 3 aromatic rings. The van der Waals surface area contributed by atoms with E-state index in [0.29, 0.717) is 39.4 Å². The lowest BCUT2D eigenvalue weighted by Gasteiger charge is -2.19. The molecule has 1 aliphatic heterocycles. The number of hydrogen-bond donors (Lipinski definition) is 1. The number of imide groups is 1. The van der Waals surface area contributed by atoms with Crippen LogP contribution in [0.4, 0.5) is 11.4 Å². The van der Waals surface area contributed by atoms with Gasteiger partial charge in [0.05, 0.1) is 30.7 Å². The first kappa shape index (κ1) is 21.9. The van der Waals surface area contributed by atoms with Crippen molar-refractivity contribution >= 4 is 51.7 Å². The van der Waals surface area contributed by atoms with Crippen LogP contribution in [0.3, 0.4) is 0 Å². The van der Waals surface area contributed by atoms with E-state index < -0.39 is 11.8 Å². The van der Waals surface area contributed by atoms with Gasteiger partial charge in [-0.15, -0.1) is 11.3 Å². The zero-order valence-corrected chi connectivity index (χ0v) is 19.1. The maximum absolute atomic E-state index is 13.6. The van der Waals surface area contributed by atoms with E-state index in [0.717, 1.165) is 11.3 Å². The summed E-state index contributed by atoms with van der Waals surface area (Å²) in [6.45, 7) is 2.47. The normalized spacial score (nSPS) is 13.7. The summed E-state index contributed by atoms with van der Waals surface area (Å²) in [7, 11) is 1.53. The van der Waals surface area contributed by atoms with Gasteiger partial charge in [0.1, 0.15) is 17.2 Å². The van der Waals surface area contributed by atoms with Gasteiger partial charge in [-0.2, -0.15) is 0 Å². The largest absolute Gasteiger partial charge is 0.495 e. The monoisotopic (exact) mass is 468 g/mol. The van der Waals surface area contributed by atoms with Crippen molar-refractivity contribution in [3.05, 3.63) is 75.6 Å². The number of nitrogens with one attached hydrogen (secondary N) is 1. The van der Waals surface area contributed by atoms with Gasteiger partial charge in [0.15, 0.2) is 0 Å². The molecule has 4 rings (SSSR count). The number of amides is 2. The molecule has 2 heterocycles. The molecule has 0 saturated heterocycles. The van der Waals surface area contributed by atoms with Gasteiger partial charge < -0.3 is 14.8 Å². The number of carbonyl (C=O) groups is 2. The van der Waals surface area contributed by atoms with Gasteiger partial charge in [0.2, 0.25) is 0 Å². The van der Waals surface area contributed by atoms with E-state index in [1.807, 2.05) is 30.5 Å². The Balaban J connectivity index is 1.80. The van der Waals surface area contributed by atoms with Crippen molar-refractivity contribution in [2.24, 2.45) is 0 Å². The van der Waals surface area contributed by atoms with Crippen molar-refractivity contribution in [3.63, 3.8) is 0 Å². The first-order valence-electron chi connectivity index (χ1n) is 10.0. The Morgan fingerprint density at radius 1 is 1.03 bits per heavy atom. The highest BCUT2D eigenvalue weighted by molar-refractivity contribution is 7.11. The second-order valence-corrected chi connectivity index (χ2v) is 8.34. The average Bonchev–Trinajstić information content (AvgIpc) is 3.39. The van der Waals surface area contributed by atoms with Gasteiger partial charge in [-0.1, -0.05) is 36.7 Å². The van der Waals surface area contributed by atoms with Crippen LogP contribution in [0.5, 0.6) is 11.5 Å². The molecular formula is C24H21ClN2O4S. The number of halogens is 1. The van der Waals surface area contributed by atoms with E-state index in [1.54, 1.807) is 36.4 Å². The topological polar surface area (TPSA) is 67.9 Å². The molecule has 1 N–H and O–H groups in total. The van der Waals surface area contributed by atoms with Gasteiger partial charge in [-0.05, 0) is 48.2 Å². The SMILES string of the molecule is CCCOc1ccccc1N1C(=O)C(Nc2cc(Cl)ccc2OC)=C(c2cccs2)C1=O. The number of anilines is 2. The summed E-state index contributed by atoms with van der Waals surface area (Å²) < 4.78 is 11.2. The van der Waals surface area contributed by atoms with Crippen LogP contribution >= 0.6 is 22.9 Å². The number of rotatable bonds is 8. The van der Waals surface area contributed by atoms with Crippen LogP contribution < -0.4 is 19.7 Å². The maximum Gasteiger partial charge on any atom is 0.282 e. The molecule has 0 aliphatic carbocycles. The van der Waals surface area contributed by atoms with E-state index in [4.69, 9.17) is 21.1 Å². The van der Waals surface area contributed by atoms with Gasteiger partial charge in [0.25, 0.3) is 11.8 Å². The van der Waals surface area contributed by atoms with Gasteiger partial charge in [0, 0.05) is 9.90 Å². The minimum absolute atomic E-state index is 0.156. The van der Waals surface area contributed by atoms with Gasteiger partial charge >= 0.3 is 0 Å². The molecule has 32 heavy (non-hydrogen) atoms. The fraction of sp³-hybridized carbons (Fsp3) is 0.167. The first-order valence-corrected chi connectivity index (χ1v) is 11.3. The lowest BCUT2D eigenvalue weighted by molar-refractivity contribution is -0.120. The minimum atomic E-state index is -0.479. The number of carbonyl (C=O) groups excluding carboxylic acids is 2. The molecule has 1 aromatic heterocycles. The summed E-state index contributed by atoms with van der Waals surface area (Å²) in [6, 6.07) is 15.7. The van der Waals surface area contributed by atoms with Crippen molar-refractivity contribution < 1.29 is 19.1 Å². The van der Waals surface area contributed by atoms with Crippen LogP contribution in [-0.4, -0.2) is 25.5 Å². The molecule has 0 atom stereocenters.